The third-order valence-electron chi connectivity index (χ3n) is 2.60. The van der Waals surface area contributed by atoms with E-state index < -0.39 is 18.6 Å². The van der Waals surface area contributed by atoms with Gasteiger partial charge in [0.2, 0.25) is 0 Å². The Morgan fingerprint density at radius 1 is 1.67 bits per heavy atom. The summed E-state index contributed by atoms with van der Waals surface area (Å²) in [6.45, 7) is -0.775. The summed E-state index contributed by atoms with van der Waals surface area (Å²) < 4.78 is 26.4. The number of hydrogen-bond donors (Lipinski definition) is 3. The zero-order valence-electron chi connectivity index (χ0n) is 9.20. The summed E-state index contributed by atoms with van der Waals surface area (Å²) in [5.41, 5.74) is 0. The van der Waals surface area contributed by atoms with Gasteiger partial charge in [0.1, 0.15) is 22.9 Å². The Balaban J connectivity index is 2.18. The molecule has 0 bridgehead atoms. The van der Waals surface area contributed by atoms with Gasteiger partial charge in [0.15, 0.2) is 0 Å². The van der Waals surface area contributed by atoms with Crippen LogP contribution < -0.4 is 5.32 Å². The Kier molecular flexibility index (Phi) is 3.36. The third-order valence-corrected chi connectivity index (χ3v) is 2.80. The van der Waals surface area contributed by atoms with E-state index >= 15 is 0 Å². The number of aliphatic hydroxyl groups is 1. The highest BCUT2D eigenvalue weighted by Crippen LogP contribution is 2.30. The van der Waals surface area contributed by atoms with Gasteiger partial charge in [0.25, 0.3) is 5.92 Å². The van der Waals surface area contributed by atoms with E-state index in [1.165, 1.54) is 17.1 Å². The molecule has 5 nitrogen and oxygen atoms in total. The van der Waals surface area contributed by atoms with Crippen molar-refractivity contribution >= 4 is 23.0 Å². The summed E-state index contributed by atoms with van der Waals surface area (Å²) in [6.07, 6.45) is 2.05. The molecule has 1 saturated heterocycles. The molecule has 0 aromatic carbocycles. The average Bonchev–Trinajstić information content (AvgIpc) is 2.53. The lowest BCUT2D eigenvalue weighted by molar-refractivity contribution is -0.0727. The van der Waals surface area contributed by atoms with E-state index in [2.05, 4.69) is 10.3 Å². The third kappa shape index (κ3) is 2.51. The van der Waals surface area contributed by atoms with E-state index in [1.54, 1.807) is 0 Å². The number of hydrogen-bond acceptors (Lipinski definition) is 5. The lowest BCUT2D eigenvalue weighted by atomic mass is 10.2. The number of allylic oxidation sites excluding steroid dienone is 2. The van der Waals surface area contributed by atoms with Gasteiger partial charge in [-0.2, -0.15) is 0 Å². The molecular weight excluding hydrogens is 266 g/mol. The molecule has 8 heteroatoms. The monoisotopic (exact) mass is 276 g/mol. The van der Waals surface area contributed by atoms with Crippen LogP contribution in [0.1, 0.15) is 0 Å². The maximum Gasteiger partial charge on any atom is 0.292 e. The molecule has 2 heterocycles. The second-order valence-corrected chi connectivity index (χ2v) is 4.35. The number of likely N-dealkylation sites (tertiary alicyclic amines) is 1. The van der Waals surface area contributed by atoms with Crippen LogP contribution in [0.5, 0.6) is 0 Å². The Hall–Kier alpha value is -1.47. The largest absolute Gasteiger partial charge is 0.385 e. The summed E-state index contributed by atoms with van der Waals surface area (Å²) in [7, 11) is 0. The van der Waals surface area contributed by atoms with Gasteiger partial charge in [0, 0.05) is 12.3 Å². The molecule has 0 amide bonds. The topological polar surface area (TPSA) is 71.7 Å². The number of β-amino-alcohol motifs (C(OH)–C–C–N with tert-alkyl or cyclic N) is 1. The molecule has 18 heavy (non-hydrogen) atoms. The van der Waals surface area contributed by atoms with Crippen molar-refractivity contribution in [1.82, 2.24) is 10.2 Å². The molecule has 1 unspecified atom stereocenters. The maximum absolute atomic E-state index is 13.2. The average molecular weight is 277 g/mol. The fourth-order valence-corrected chi connectivity index (χ4v) is 1.93. The molecule has 0 saturated carbocycles. The zero-order chi connectivity index (χ0) is 13.3. The molecule has 1 atom stereocenters. The first-order chi connectivity index (χ1) is 8.42. The van der Waals surface area contributed by atoms with Gasteiger partial charge in [0.05, 0.1) is 13.1 Å². The molecule has 0 aromatic rings. The SMILES string of the molecule is N=C/C=C1/N=C(Cl)C=C(N2CC(O)C(F)(F)C2)N1. The van der Waals surface area contributed by atoms with Crippen molar-refractivity contribution in [3.8, 4) is 0 Å². The maximum atomic E-state index is 13.2. The number of rotatable bonds is 2. The first kappa shape index (κ1) is 13.0. The fraction of sp³-hybridized carbons (Fsp3) is 0.400. The van der Waals surface area contributed by atoms with Crippen LogP contribution in [0.25, 0.3) is 0 Å². The predicted octanol–water partition coefficient (Wildman–Crippen LogP) is 0.871. The van der Waals surface area contributed by atoms with Crippen molar-refractivity contribution in [3.63, 3.8) is 0 Å². The number of aliphatic imine (C=N–C) groups is 1. The van der Waals surface area contributed by atoms with Crippen molar-refractivity contribution in [2.75, 3.05) is 13.1 Å². The predicted molar refractivity (Wildman–Crippen MR) is 63.9 cm³/mol. The number of nitrogens with zero attached hydrogens (tertiary/aromatic N) is 2. The Morgan fingerprint density at radius 3 is 2.94 bits per heavy atom. The molecule has 0 radical (unpaired) electrons. The van der Waals surface area contributed by atoms with E-state index in [4.69, 9.17) is 17.0 Å². The minimum Gasteiger partial charge on any atom is -0.385 e. The van der Waals surface area contributed by atoms with Gasteiger partial charge < -0.3 is 20.7 Å². The van der Waals surface area contributed by atoms with Gasteiger partial charge in [-0.1, -0.05) is 11.6 Å². The smallest absolute Gasteiger partial charge is 0.292 e. The summed E-state index contributed by atoms with van der Waals surface area (Å²) in [4.78, 5) is 5.17. The Bertz CT molecular complexity index is 461. The highest BCUT2D eigenvalue weighted by atomic mass is 35.5. The molecule has 1 fully saturated rings. The number of nitrogens with one attached hydrogen (secondary N) is 2. The molecule has 0 aromatic heterocycles. The van der Waals surface area contributed by atoms with Gasteiger partial charge in [-0.3, -0.25) is 0 Å². The van der Waals surface area contributed by atoms with Crippen molar-refractivity contribution in [2.45, 2.75) is 12.0 Å². The Labute approximate surface area is 107 Å². The van der Waals surface area contributed by atoms with E-state index in [9.17, 15) is 13.9 Å². The molecule has 2 rings (SSSR count). The van der Waals surface area contributed by atoms with Crippen LogP contribution in [0.3, 0.4) is 0 Å². The lowest BCUT2D eigenvalue weighted by Crippen LogP contribution is -2.33. The normalized spacial score (nSPS) is 28.8. The van der Waals surface area contributed by atoms with Crippen molar-refractivity contribution in [1.29, 1.82) is 5.41 Å². The summed E-state index contributed by atoms with van der Waals surface area (Å²) in [6, 6.07) is 0. The molecule has 2 aliphatic heterocycles. The quantitative estimate of drug-likeness (QED) is 0.656. The first-order valence-electron chi connectivity index (χ1n) is 5.17. The van der Waals surface area contributed by atoms with E-state index in [0.29, 0.717) is 5.82 Å². The number of aliphatic hydroxyl groups excluding tert-OH is 1. The second-order valence-electron chi connectivity index (χ2n) is 3.97. The minimum absolute atomic E-state index is 0.126. The Morgan fingerprint density at radius 2 is 2.39 bits per heavy atom. The minimum atomic E-state index is -3.14. The molecular formula is C10H11ClF2N4O. The van der Waals surface area contributed by atoms with Crippen molar-refractivity contribution in [3.05, 3.63) is 23.8 Å². The van der Waals surface area contributed by atoms with Crippen LogP contribution in [0.4, 0.5) is 8.78 Å². The van der Waals surface area contributed by atoms with Crippen molar-refractivity contribution < 1.29 is 13.9 Å². The first-order valence-corrected chi connectivity index (χ1v) is 5.54. The second kappa shape index (κ2) is 4.66. The van der Waals surface area contributed by atoms with Gasteiger partial charge >= 0.3 is 0 Å². The van der Waals surface area contributed by atoms with Crippen molar-refractivity contribution in [2.24, 2.45) is 4.99 Å². The number of halogens is 3. The van der Waals surface area contributed by atoms with E-state index in [1.807, 2.05) is 0 Å². The van der Waals surface area contributed by atoms with Gasteiger partial charge in [-0.15, -0.1) is 0 Å². The van der Waals surface area contributed by atoms with Crippen LogP contribution in [0.2, 0.25) is 0 Å². The molecule has 2 aliphatic rings. The lowest BCUT2D eigenvalue weighted by Gasteiger charge is -2.24. The number of alkyl halides is 2. The summed E-state index contributed by atoms with van der Waals surface area (Å²) in [5, 5.41) is 19.1. The standard InChI is InChI=1S/C10H11ClF2N4O/c11-7-3-9(16-8(15-7)1-2-14)17-4-6(18)10(12,13)5-17/h1-3,6,14,16,18H,4-5H2/b8-1-,14-2?. The summed E-state index contributed by atoms with van der Waals surface area (Å²) >= 11 is 5.77. The molecule has 0 aliphatic carbocycles. The summed E-state index contributed by atoms with van der Waals surface area (Å²) in [5.74, 6) is -2.52. The molecule has 3 N–H and O–H groups in total. The van der Waals surface area contributed by atoms with E-state index in [-0.39, 0.29) is 17.5 Å². The highest BCUT2D eigenvalue weighted by Gasteiger charge is 2.48. The van der Waals surface area contributed by atoms with Crippen LogP contribution >= 0.6 is 11.6 Å². The van der Waals surface area contributed by atoms with Crippen LogP contribution in [-0.2, 0) is 0 Å². The van der Waals surface area contributed by atoms with Gasteiger partial charge in [-0.25, -0.2) is 13.8 Å². The van der Waals surface area contributed by atoms with Crippen LogP contribution in [0.15, 0.2) is 28.8 Å². The highest BCUT2D eigenvalue weighted by molar-refractivity contribution is 6.68. The van der Waals surface area contributed by atoms with E-state index in [0.717, 1.165) is 6.21 Å². The fourth-order valence-electron chi connectivity index (χ4n) is 1.73. The zero-order valence-corrected chi connectivity index (χ0v) is 9.96. The van der Waals surface area contributed by atoms with Crippen LogP contribution in [-0.4, -0.2) is 46.5 Å². The van der Waals surface area contributed by atoms with Gasteiger partial charge in [-0.05, 0) is 6.08 Å². The molecule has 0 spiro atoms. The van der Waals surface area contributed by atoms with Crippen LogP contribution in [0, 0.1) is 5.41 Å². The molecule has 98 valence electrons.